The molecule has 3 N–H and O–H groups in total. The van der Waals surface area contributed by atoms with E-state index < -0.39 is 0 Å². The van der Waals surface area contributed by atoms with Crippen molar-refractivity contribution in [3.63, 3.8) is 0 Å². The van der Waals surface area contributed by atoms with Crippen molar-refractivity contribution in [2.45, 2.75) is 19.2 Å². The van der Waals surface area contributed by atoms with Crippen LogP contribution in [0.4, 0.5) is 4.39 Å². The van der Waals surface area contributed by atoms with Crippen LogP contribution >= 0.6 is 35.7 Å². The number of methoxy groups -OCH3 is 1. The number of aliphatic imine (C=N–C) groups is 1. The lowest BCUT2D eigenvalue weighted by atomic mass is 10.1. The molecule has 0 heterocycles. The van der Waals surface area contributed by atoms with Crippen LogP contribution in [0.3, 0.4) is 0 Å². The van der Waals surface area contributed by atoms with Gasteiger partial charge in [0, 0.05) is 31.0 Å². The lowest BCUT2D eigenvalue weighted by Crippen LogP contribution is -2.41. The summed E-state index contributed by atoms with van der Waals surface area (Å²) >= 11 is 1.65. The SMILES string of the molecule is CCNC(=NCc1ccc(F)cc1CSC)NCCNC(=O)c1cccc(OC)c1.I. The molecule has 0 aliphatic carbocycles. The largest absolute Gasteiger partial charge is 0.497 e. The molecule has 6 nitrogen and oxygen atoms in total. The topological polar surface area (TPSA) is 74.8 Å². The molecule has 0 spiro atoms. The van der Waals surface area contributed by atoms with Gasteiger partial charge in [-0.25, -0.2) is 9.38 Å². The summed E-state index contributed by atoms with van der Waals surface area (Å²) in [6, 6.07) is 11.8. The minimum absolute atomic E-state index is 0. The Morgan fingerprint density at radius 1 is 1.10 bits per heavy atom. The smallest absolute Gasteiger partial charge is 0.251 e. The number of thioether (sulfide) groups is 1. The molecule has 31 heavy (non-hydrogen) atoms. The van der Waals surface area contributed by atoms with E-state index in [1.54, 1.807) is 55.3 Å². The van der Waals surface area contributed by atoms with Crippen molar-refractivity contribution in [2.24, 2.45) is 4.99 Å². The minimum atomic E-state index is -0.233. The Morgan fingerprint density at radius 2 is 1.87 bits per heavy atom. The maximum absolute atomic E-state index is 13.5. The van der Waals surface area contributed by atoms with Gasteiger partial charge in [-0.3, -0.25) is 4.79 Å². The van der Waals surface area contributed by atoms with Crippen molar-refractivity contribution in [1.29, 1.82) is 0 Å². The van der Waals surface area contributed by atoms with E-state index in [4.69, 9.17) is 4.74 Å². The Labute approximate surface area is 204 Å². The molecule has 0 aliphatic rings. The molecule has 0 unspecified atom stereocenters. The Morgan fingerprint density at radius 3 is 2.58 bits per heavy atom. The van der Waals surface area contributed by atoms with E-state index in [-0.39, 0.29) is 35.7 Å². The number of nitrogens with zero attached hydrogens (tertiary/aromatic N) is 1. The number of carbonyl (C=O) groups is 1. The number of ether oxygens (including phenoxy) is 1. The Balaban J connectivity index is 0.00000480. The van der Waals surface area contributed by atoms with Crippen molar-refractivity contribution in [3.8, 4) is 5.75 Å². The average molecular weight is 560 g/mol. The maximum Gasteiger partial charge on any atom is 0.251 e. The van der Waals surface area contributed by atoms with Crippen LogP contribution in [-0.4, -0.2) is 44.9 Å². The molecule has 2 aromatic rings. The zero-order chi connectivity index (χ0) is 21.8. The first kappa shape index (κ1) is 27.0. The second-order valence-electron chi connectivity index (χ2n) is 6.46. The highest BCUT2D eigenvalue weighted by Gasteiger charge is 2.07. The van der Waals surface area contributed by atoms with E-state index in [0.717, 1.165) is 16.9 Å². The van der Waals surface area contributed by atoms with Crippen LogP contribution in [-0.2, 0) is 12.3 Å². The van der Waals surface area contributed by atoms with Gasteiger partial charge in [-0.2, -0.15) is 11.8 Å². The molecule has 1 amide bonds. The maximum atomic E-state index is 13.5. The van der Waals surface area contributed by atoms with Crippen molar-refractivity contribution in [3.05, 3.63) is 65.0 Å². The highest BCUT2D eigenvalue weighted by Crippen LogP contribution is 2.17. The zero-order valence-electron chi connectivity index (χ0n) is 18.0. The summed E-state index contributed by atoms with van der Waals surface area (Å²) in [6.07, 6.45) is 1.99. The second-order valence-corrected chi connectivity index (χ2v) is 7.32. The summed E-state index contributed by atoms with van der Waals surface area (Å²) < 4.78 is 18.7. The van der Waals surface area contributed by atoms with Crippen LogP contribution in [0, 0.1) is 5.82 Å². The van der Waals surface area contributed by atoms with Crippen LogP contribution in [0.1, 0.15) is 28.4 Å². The van der Waals surface area contributed by atoms with Gasteiger partial charge in [-0.15, -0.1) is 24.0 Å². The van der Waals surface area contributed by atoms with Crippen molar-refractivity contribution < 1.29 is 13.9 Å². The Kier molecular flexibility index (Phi) is 13.0. The number of carbonyl (C=O) groups excluding carboxylic acids is 1. The van der Waals surface area contributed by atoms with E-state index in [2.05, 4.69) is 20.9 Å². The molecule has 0 radical (unpaired) electrons. The van der Waals surface area contributed by atoms with E-state index in [1.807, 2.05) is 13.2 Å². The van der Waals surface area contributed by atoms with Gasteiger partial charge in [0.15, 0.2) is 5.96 Å². The standard InChI is InChI=1S/C22H29FN4O2S.HI/c1-4-24-22(27-14-17-8-9-19(23)12-18(17)15-30-3)26-11-10-25-21(28)16-6-5-7-20(13-16)29-2;/h5-9,12-13H,4,10-11,14-15H2,1-3H3,(H,25,28)(H2,24,26,27);1H. The molecular formula is C22H30FIN4O2S. The van der Waals surface area contributed by atoms with Gasteiger partial charge in [0.1, 0.15) is 11.6 Å². The molecule has 170 valence electrons. The highest BCUT2D eigenvalue weighted by molar-refractivity contribution is 14.0. The predicted molar refractivity (Wildman–Crippen MR) is 137 cm³/mol. The predicted octanol–water partition coefficient (Wildman–Crippen LogP) is 3.80. The quantitative estimate of drug-likeness (QED) is 0.179. The normalized spacial score (nSPS) is 10.8. The molecule has 2 rings (SSSR count). The van der Waals surface area contributed by atoms with Crippen LogP contribution in [0.2, 0.25) is 0 Å². The molecule has 0 atom stereocenters. The number of hydrogen-bond acceptors (Lipinski definition) is 4. The number of halogens is 2. The first-order valence-electron chi connectivity index (χ1n) is 9.78. The fourth-order valence-electron chi connectivity index (χ4n) is 2.77. The minimum Gasteiger partial charge on any atom is -0.497 e. The molecule has 0 bridgehead atoms. The van der Waals surface area contributed by atoms with Crippen molar-refractivity contribution >= 4 is 47.6 Å². The third-order valence-corrected chi connectivity index (χ3v) is 4.85. The summed E-state index contributed by atoms with van der Waals surface area (Å²) in [5, 5.41) is 9.25. The summed E-state index contributed by atoms with van der Waals surface area (Å²) in [5.41, 5.74) is 2.49. The third kappa shape index (κ3) is 9.34. The summed E-state index contributed by atoms with van der Waals surface area (Å²) in [6.45, 7) is 4.10. The van der Waals surface area contributed by atoms with Crippen LogP contribution in [0.15, 0.2) is 47.5 Å². The number of hydrogen-bond donors (Lipinski definition) is 3. The monoisotopic (exact) mass is 560 g/mol. The highest BCUT2D eigenvalue weighted by atomic mass is 127. The van der Waals surface area contributed by atoms with E-state index in [1.165, 1.54) is 6.07 Å². The third-order valence-electron chi connectivity index (χ3n) is 4.25. The second kappa shape index (κ2) is 14.9. The molecule has 0 saturated carbocycles. The van der Waals surface area contributed by atoms with Crippen molar-refractivity contribution in [2.75, 3.05) is 33.0 Å². The van der Waals surface area contributed by atoms with E-state index >= 15 is 0 Å². The van der Waals surface area contributed by atoms with Gasteiger partial charge < -0.3 is 20.7 Å². The first-order chi connectivity index (χ1) is 14.6. The molecule has 9 heteroatoms. The van der Waals surface area contributed by atoms with Crippen LogP contribution in [0.5, 0.6) is 5.75 Å². The van der Waals surface area contributed by atoms with E-state index in [0.29, 0.717) is 43.5 Å². The van der Waals surface area contributed by atoms with Crippen LogP contribution < -0.4 is 20.7 Å². The molecule has 0 aliphatic heterocycles. The molecule has 0 saturated heterocycles. The number of amides is 1. The van der Waals surface area contributed by atoms with Gasteiger partial charge in [0.25, 0.3) is 5.91 Å². The molecular weight excluding hydrogens is 530 g/mol. The number of nitrogens with one attached hydrogen (secondary N) is 3. The molecule has 2 aromatic carbocycles. The lowest BCUT2D eigenvalue weighted by Gasteiger charge is -2.13. The van der Waals surface area contributed by atoms with Crippen molar-refractivity contribution in [1.82, 2.24) is 16.0 Å². The lowest BCUT2D eigenvalue weighted by molar-refractivity contribution is 0.0954. The summed E-state index contributed by atoms with van der Waals surface area (Å²) in [7, 11) is 1.57. The van der Waals surface area contributed by atoms with E-state index in [9.17, 15) is 9.18 Å². The first-order valence-corrected chi connectivity index (χ1v) is 11.2. The Bertz CT molecular complexity index is 867. The number of rotatable bonds is 10. The fraction of sp³-hybridized carbons (Fsp3) is 0.364. The molecule has 0 fully saturated rings. The summed E-state index contributed by atoms with van der Waals surface area (Å²) in [4.78, 5) is 16.8. The van der Waals surface area contributed by atoms with Gasteiger partial charge in [0.2, 0.25) is 0 Å². The average Bonchev–Trinajstić information content (AvgIpc) is 2.76. The molecule has 0 aromatic heterocycles. The van der Waals surface area contributed by atoms with Gasteiger partial charge >= 0.3 is 0 Å². The number of benzene rings is 2. The van der Waals surface area contributed by atoms with Gasteiger partial charge in [0.05, 0.1) is 13.7 Å². The Hall–Kier alpha value is -2.01. The van der Waals surface area contributed by atoms with Gasteiger partial charge in [-0.1, -0.05) is 12.1 Å². The zero-order valence-corrected chi connectivity index (χ0v) is 21.2. The number of guanidine groups is 1. The van der Waals surface area contributed by atoms with Gasteiger partial charge in [-0.05, 0) is 54.6 Å². The fourth-order valence-corrected chi connectivity index (χ4v) is 3.35. The summed E-state index contributed by atoms with van der Waals surface area (Å²) in [5.74, 6) is 1.63. The van der Waals surface area contributed by atoms with Crippen LogP contribution in [0.25, 0.3) is 0 Å².